The number of carbonyl (C=O) groups is 1. The van der Waals surface area contributed by atoms with Gasteiger partial charge < -0.3 is 14.4 Å². The van der Waals surface area contributed by atoms with Crippen molar-refractivity contribution in [3.63, 3.8) is 0 Å². The molecule has 108 valence electrons. The van der Waals surface area contributed by atoms with E-state index in [1.807, 2.05) is 30.0 Å². The normalized spacial score (nSPS) is 25.9. The zero-order valence-corrected chi connectivity index (χ0v) is 11.7. The maximum absolute atomic E-state index is 12.3. The Kier molecular flexibility index (Phi) is 3.87. The van der Waals surface area contributed by atoms with Crippen molar-refractivity contribution in [2.24, 2.45) is 5.92 Å². The summed E-state index contributed by atoms with van der Waals surface area (Å²) in [6.07, 6.45) is 1.77. The van der Waals surface area contributed by atoms with Gasteiger partial charge in [-0.2, -0.15) is 0 Å². The van der Waals surface area contributed by atoms with Crippen molar-refractivity contribution in [1.29, 1.82) is 0 Å². The number of rotatable bonds is 3. The zero-order chi connectivity index (χ0) is 13.9. The fraction of sp³-hybridized carbons (Fsp3) is 0.600. The van der Waals surface area contributed by atoms with E-state index in [2.05, 4.69) is 4.98 Å². The lowest BCUT2D eigenvalue weighted by Crippen LogP contribution is -2.36. The van der Waals surface area contributed by atoms with E-state index in [1.165, 1.54) is 0 Å². The molecule has 3 heterocycles. The van der Waals surface area contributed by atoms with Gasteiger partial charge in [0.05, 0.1) is 19.1 Å². The van der Waals surface area contributed by atoms with Gasteiger partial charge >= 0.3 is 0 Å². The molecule has 0 radical (unpaired) electrons. The summed E-state index contributed by atoms with van der Waals surface area (Å²) in [7, 11) is 0. The highest BCUT2D eigenvalue weighted by Gasteiger charge is 2.33. The van der Waals surface area contributed by atoms with Gasteiger partial charge in [-0.3, -0.25) is 4.79 Å². The minimum atomic E-state index is 0.0471. The first kappa shape index (κ1) is 13.4. The lowest BCUT2D eigenvalue weighted by molar-refractivity contribution is -0.134. The van der Waals surface area contributed by atoms with Crippen LogP contribution in [0.15, 0.2) is 18.2 Å². The van der Waals surface area contributed by atoms with E-state index >= 15 is 0 Å². The molecular formula is C15H20N2O3. The van der Waals surface area contributed by atoms with Gasteiger partial charge in [-0.1, -0.05) is 6.07 Å². The van der Waals surface area contributed by atoms with Crippen molar-refractivity contribution < 1.29 is 14.3 Å². The molecule has 0 aliphatic carbocycles. The number of amides is 1. The fourth-order valence-corrected chi connectivity index (χ4v) is 2.77. The number of nitrogens with zero attached hydrogens (tertiary/aromatic N) is 2. The summed E-state index contributed by atoms with van der Waals surface area (Å²) in [4.78, 5) is 18.5. The maximum Gasteiger partial charge on any atom is 0.228 e. The van der Waals surface area contributed by atoms with Gasteiger partial charge in [0.25, 0.3) is 0 Å². The van der Waals surface area contributed by atoms with Gasteiger partial charge in [-0.25, -0.2) is 4.98 Å². The second-order valence-electron chi connectivity index (χ2n) is 5.49. The zero-order valence-electron chi connectivity index (χ0n) is 11.7. The summed E-state index contributed by atoms with van der Waals surface area (Å²) in [6.45, 7) is 4.64. The molecule has 2 unspecified atom stereocenters. The third-order valence-electron chi connectivity index (χ3n) is 3.89. The molecular weight excluding hydrogens is 256 g/mol. The van der Waals surface area contributed by atoms with Gasteiger partial charge in [0, 0.05) is 31.3 Å². The monoisotopic (exact) mass is 276 g/mol. The van der Waals surface area contributed by atoms with Crippen LogP contribution in [-0.2, 0) is 9.53 Å². The second-order valence-corrected chi connectivity index (χ2v) is 5.49. The predicted molar refractivity (Wildman–Crippen MR) is 73.5 cm³/mol. The molecule has 0 N–H and O–H groups in total. The van der Waals surface area contributed by atoms with E-state index in [1.54, 1.807) is 0 Å². The maximum atomic E-state index is 12.3. The van der Waals surface area contributed by atoms with Crippen LogP contribution in [0.4, 0.5) is 0 Å². The summed E-state index contributed by atoms with van der Waals surface area (Å²) in [6, 6.07) is 5.74. The van der Waals surface area contributed by atoms with E-state index in [4.69, 9.17) is 9.47 Å². The average molecular weight is 276 g/mol. The molecule has 20 heavy (non-hydrogen) atoms. The van der Waals surface area contributed by atoms with Gasteiger partial charge in [0.15, 0.2) is 0 Å². The summed E-state index contributed by atoms with van der Waals surface area (Å²) >= 11 is 0. The molecule has 5 nitrogen and oxygen atoms in total. The van der Waals surface area contributed by atoms with Crippen LogP contribution in [0.5, 0.6) is 5.88 Å². The van der Waals surface area contributed by atoms with Crippen LogP contribution in [0.25, 0.3) is 0 Å². The second kappa shape index (κ2) is 5.79. The Morgan fingerprint density at radius 2 is 2.35 bits per heavy atom. The highest BCUT2D eigenvalue weighted by atomic mass is 16.5. The number of hydrogen-bond donors (Lipinski definition) is 0. The number of aryl methyl sites for hydroxylation is 1. The van der Waals surface area contributed by atoms with Crippen molar-refractivity contribution in [2.75, 3.05) is 26.3 Å². The molecule has 5 heteroatoms. The van der Waals surface area contributed by atoms with Crippen LogP contribution in [0.3, 0.4) is 0 Å². The van der Waals surface area contributed by atoms with E-state index in [9.17, 15) is 4.79 Å². The SMILES string of the molecule is Cc1cccc(OC2CCN(C(=O)C3CCOC3)C2)n1. The highest BCUT2D eigenvalue weighted by Crippen LogP contribution is 2.21. The number of likely N-dealkylation sites (tertiary alicyclic amines) is 1. The van der Waals surface area contributed by atoms with Crippen LogP contribution in [0.2, 0.25) is 0 Å². The first-order chi connectivity index (χ1) is 9.72. The molecule has 3 rings (SSSR count). The number of carbonyl (C=O) groups excluding carboxylic acids is 1. The Morgan fingerprint density at radius 3 is 3.10 bits per heavy atom. The van der Waals surface area contributed by atoms with Gasteiger partial charge in [0.1, 0.15) is 6.10 Å². The van der Waals surface area contributed by atoms with Gasteiger partial charge in [0.2, 0.25) is 11.8 Å². The third kappa shape index (κ3) is 2.93. The van der Waals surface area contributed by atoms with Crippen molar-refractivity contribution in [3.8, 4) is 5.88 Å². The van der Waals surface area contributed by atoms with Gasteiger partial charge in [-0.05, 0) is 19.4 Å². The topological polar surface area (TPSA) is 51.7 Å². The predicted octanol–water partition coefficient (Wildman–Crippen LogP) is 1.41. The number of aromatic nitrogens is 1. The van der Waals surface area contributed by atoms with E-state index in [-0.39, 0.29) is 17.9 Å². The summed E-state index contributed by atoms with van der Waals surface area (Å²) in [5.74, 6) is 0.908. The third-order valence-corrected chi connectivity index (χ3v) is 3.89. The molecule has 0 saturated carbocycles. The van der Waals surface area contributed by atoms with Crippen LogP contribution < -0.4 is 4.74 Å². The Hall–Kier alpha value is -1.62. The molecule has 0 aromatic carbocycles. The Bertz CT molecular complexity index is 486. The summed E-state index contributed by atoms with van der Waals surface area (Å²) in [5.41, 5.74) is 0.941. The Balaban J connectivity index is 1.55. The molecule has 1 aromatic rings. The lowest BCUT2D eigenvalue weighted by Gasteiger charge is -2.19. The van der Waals surface area contributed by atoms with Gasteiger partial charge in [-0.15, -0.1) is 0 Å². The van der Waals surface area contributed by atoms with Crippen molar-refractivity contribution in [3.05, 3.63) is 23.9 Å². The summed E-state index contributed by atoms with van der Waals surface area (Å²) in [5, 5.41) is 0. The highest BCUT2D eigenvalue weighted by molar-refractivity contribution is 5.79. The minimum Gasteiger partial charge on any atom is -0.472 e. The standard InChI is InChI=1S/C15H20N2O3/c1-11-3-2-4-14(16-11)20-13-5-7-17(9-13)15(18)12-6-8-19-10-12/h2-4,12-13H,5-10H2,1H3. The van der Waals surface area contributed by atoms with Crippen molar-refractivity contribution >= 4 is 5.91 Å². The lowest BCUT2D eigenvalue weighted by atomic mass is 10.1. The number of ether oxygens (including phenoxy) is 2. The van der Waals surface area contributed by atoms with E-state index in [0.717, 1.165) is 25.1 Å². The van der Waals surface area contributed by atoms with Crippen LogP contribution in [0.1, 0.15) is 18.5 Å². The van der Waals surface area contributed by atoms with E-state index in [0.29, 0.717) is 25.6 Å². The average Bonchev–Trinajstić information content (AvgIpc) is 3.09. The molecule has 2 atom stereocenters. The largest absolute Gasteiger partial charge is 0.472 e. The van der Waals surface area contributed by atoms with Crippen molar-refractivity contribution in [1.82, 2.24) is 9.88 Å². The molecule has 1 amide bonds. The number of hydrogen-bond acceptors (Lipinski definition) is 4. The smallest absolute Gasteiger partial charge is 0.228 e. The molecule has 0 spiro atoms. The Morgan fingerprint density at radius 1 is 1.45 bits per heavy atom. The molecule has 2 aliphatic heterocycles. The first-order valence-corrected chi connectivity index (χ1v) is 7.19. The number of pyridine rings is 1. The fourth-order valence-electron chi connectivity index (χ4n) is 2.77. The molecule has 0 bridgehead atoms. The molecule has 2 aliphatic rings. The quantitative estimate of drug-likeness (QED) is 0.837. The minimum absolute atomic E-state index is 0.0471. The van der Waals surface area contributed by atoms with E-state index < -0.39 is 0 Å². The van der Waals surface area contributed by atoms with Crippen LogP contribution in [0, 0.1) is 12.8 Å². The molecule has 2 fully saturated rings. The molecule has 1 aromatic heterocycles. The van der Waals surface area contributed by atoms with Crippen LogP contribution >= 0.6 is 0 Å². The summed E-state index contributed by atoms with van der Waals surface area (Å²) < 4.78 is 11.1. The van der Waals surface area contributed by atoms with Crippen LogP contribution in [-0.4, -0.2) is 48.2 Å². The Labute approximate surface area is 118 Å². The molecule has 2 saturated heterocycles. The van der Waals surface area contributed by atoms with Crippen molar-refractivity contribution in [2.45, 2.75) is 25.9 Å². The first-order valence-electron chi connectivity index (χ1n) is 7.19.